The van der Waals surface area contributed by atoms with Crippen molar-refractivity contribution in [3.8, 4) is 11.1 Å². The molecule has 26 heavy (non-hydrogen) atoms. The summed E-state index contributed by atoms with van der Waals surface area (Å²) in [4.78, 5) is 26.1. The Balaban J connectivity index is 1.76. The zero-order valence-corrected chi connectivity index (χ0v) is 14.9. The number of rotatable bonds is 6. The van der Waals surface area contributed by atoms with Gasteiger partial charge in [0.2, 0.25) is 0 Å². The molecule has 0 bridgehead atoms. The lowest BCUT2D eigenvalue weighted by Gasteiger charge is -2.09. The first-order chi connectivity index (χ1) is 12.7. The van der Waals surface area contributed by atoms with Crippen molar-refractivity contribution in [2.75, 3.05) is 12.4 Å². The summed E-state index contributed by atoms with van der Waals surface area (Å²) in [6, 6.07) is 18.2. The second kappa shape index (κ2) is 8.58. The van der Waals surface area contributed by atoms with Crippen LogP contribution in [-0.2, 0) is 16.4 Å². The molecule has 132 valence electrons. The molecule has 6 heteroatoms. The smallest absolute Gasteiger partial charge is 0.256 e. The quantitative estimate of drug-likeness (QED) is 0.504. The van der Waals surface area contributed by atoms with Gasteiger partial charge in [0.25, 0.3) is 5.91 Å². The average molecular weight is 369 g/mol. The normalized spacial score (nSPS) is 10.5. The summed E-state index contributed by atoms with van der Waals surface area (Å²) < 4.78 is 0. The van der Waals surface area contributed by atoms with E-state index in [1.807, 2.05) is 36.4 Å². The van der Waals surface area contributed by atoms with E-state index in [4.69, 9.17) is 16.5 Å². The Kier molecular flexibility index (Phi) is 5.96. The third-order valence-electron chi connectivity index (χ3n) is 3.73. The van der Waals surface area contributed by atoms with Gasteiger partial charge in [-0.1, -0.05) is 35.9 Å². The standard InChI is InChI=1S/C20H17ClN2O3/c1-25-26-13-14-7-9-18(21)17(11-14)16-8-10-19(22-12-16)23-20(24)15-5-3-2-4-6-15/h2-12H,13H2,1H3,(H,22,23,24). The lowest BCUT2D eigenvalue weighted by Crippen LogP contribution is -2.12. The van der Waals surface area contributed by atoms with E-state index in [1.165, 1.54) is 7.11 Å². The average Bonchev–Trinajstić information content (AvgIpc) is 2.69. The summed E-state index contributed by atoms with van der Waals surface area (Å²) in [5.74, 6) is 0.264. The maximum absolute atomic E-state index is 12.2. The lowest BCUT2D eigenvalue weighted by molar-refractivity contribution is -0.282. The van der Waals surface area contributed by atoms with Gasteiger partial charge in [-0.05, 0) is 42.0 Å². The van der Waals surface area contributed by atoms with Gasteiger partial charge in [-0.2, -0.15) is 0 Å². The van der Waals surface area contributed by atoms with Crippen LogP contribution in [0.15, 0.2) is 66.9 Å². The van der Waals surface area contributed by atoms with Crippen molar-refractivity contribution in [2.45, 2.75) is 6.61 Å². The highest BCUT2D eigenvalue weighted by molar-refractivity contribution is 6.33. The number of hydrogen-bond acceptors (Lipinski definition) is 4. The maximum Gasteiger partial charge on any atom is 0.256 e. The molecule has 1 aromatic heterocycles. The van der Waals surface area contributed by atoms with Gasteiger partial charge in [0, 0.05) is 27.9 Å². The van der Waals surface area contributed by atoms with Crippen LogP contribution in [0, 0.1) is 0 Å². The molecular formula is C20H17ClN2O3. The fraction of sp³-hybridized carbons (Fsp3) is 0.100. The third kappa shape index (κ3) is 4.46. The zero-order valence-electron chi connectivity index (χ0n) is 14.1. The van der Waals surface area contributed by atoms with Gasteiger partial charge in [0.1, 0.15) is 12.4 Å². The van der Waals surface area contributed by atoms with Crippen LogP contribution in [0.3, 0.4) is 0 Å². The van der Waals surface area contributed by atoms with Crippen LogP contribution < -0.4 is 5.32 Å². The number of aromatic nitrogens is 1. The molecule has 1 N–H and O–H groups in total. The highest BCUT2D eigenvalue weighted by Gasteiger charge is 2.09. The Hall–Kier alpha value is -2.73. The number of amides is 1. The summed E-state index contributed by atoms with van der Waals surface area (Å²) in [5.41, 5.74) is 3.17. The third-order valence-corrected chi connectivity index (χ3v) is 4.06. The molecule has 0 fully saturated rings. The minimum Gasteiger partial charge on any atom is -0.307 e. The van der Waals surface area contributed by atoms with E-state index in [-0.39, 0.29) is 5.91 Å². The molecule has 0 aliphatic carbocycles. The summed E-state index contributed by atoms with van der Waals surface area (Å²) in [6.45, 7) is 0.319. The number of pyridine rings is 1. The SMILES string of the molecule is COOCc1ccc(Cl)c(-c2ccc(NC(=O)c3ccccc3)nc2)c1. The van der Waals surface area contributed by atoms with Crippen molar-refractivity contribution in [3.05, 3.63) is 83.0 Å². The van der Waals surface area contributed by atoms with Crippen LogP contribution in [0.1, 0.15) is 15.9 Å². The van der Waals surface area contributed by atoms with Crippen molar-refractivity contribution in [1.82, 2.24) is 4.98 Å². The van der Waals surface area contributed by atoms with Gasteiger partial charge in [0.05, 0.1) is 7.11 Å². The van der Waals surface area contributed by atoms with Crippen LogP contribution in [-0.4, -0.2) is 18.0 Å². The second-order valence-corrected chi connectivity index (χ2v) is 5.90. The number of nitrogens with one attached hydrogen (secondary N) is 1. The van der Waals surface area contributed by atoms with Gasteiger partial charge in [-0.15, -0.1) is 0 Å². The van der Waals surface area contributed by atoms with Gasteiger partial charge < -0.3 is 5.32 Å². The molecule has 1 heterocycles. The molecule has 0 unspecified atom stereocenters. The fourth-order valence-electron chi connectivity index (χ4n) is 2.42. The largest absolute Gasteiger partial charge is 0.307 e. The molecule has 5 nitrogen and oxygen atoms in total. The van der Waals surface area contributed by atoms with E-state index in [2.05, 4.69) is 15.2 Å². The van der Waals surface area contributed by atoms with Crippen molar-refractivity contribution < 1.29 is 14.6 Å². The maximum atomic E-state index is 12.2. The molecule has 2 aromatic carbocycles. The summed E-state index contributed by atoms with van der Waals surface area (Å²) in [5, 5.41) is 3.38. The Labute approximate surface area is 156 Å². The summed E-state index contributed by atoms with van der Waals surface area (Å²) in [7, 11) is 1.46. The topological polar surface area (TPSA) is 60.5 Å². The van der Waals surface area contributed by atoms with E-state index in [9.17, 15) is 4.79 Å². The molecule has 0 radical (unpaired) electrons. The molecule has 3 aromatic rings. The number of nitrogens with zero attached hydrogens (tertiary/aromatic N) is 1. The van der Waals surface area contributed by atoms with Gasteiger partial charge >= 0.3 is 0 Å². The molecule has 0 aliphatic rings. The summed E-state index contributed by atoms with van der Waals surface area (Å²) in [6.07, 6.45) is 1.67. The van der Waals surface area contributed by atoms with Crippen molar-refractivity contribution in [2.24, 2.45) is 0 Å². The van der Waals surface area contributed by atoms with Crippen molar-refractivity contribution >= 4 is 23.3 Å². The summed E-state index contributed by atoms with van der Waals surface area (Å²) >= 11 is 6.30. The van der Waals surface area contributed by atoms with E-state index < -0.39 is 0 Å². The Morgan fingerprint density at radius 1 is 1.12 bits per heavy atom. The highest BCUT2D eigenvalue weighted by atomic mass is 35.5. The number of carbonyl (C=O) groups is 1. The Morgan fingerprint density at radius 3 is 2.62 bits per heavy atom. The van der Waals surface area contributed by atoms with Gasteiger partial charge in [0.15, 0.2) is 0 Å². The monoisotopic (exact) mass is 368 g/mol. The molecule has 0 aliphatic heterocycles. The minimum atomic E-state index is -0.206. The van der Waals surface area contributed by atoms with E-state index >= 15 is 0 Å². The molecular weight excluding hydrogens is 352 g/mol. The van der Waals surface area contributed by atoms with Crippen LogP contribution >= 0.6 is 11.6 Å². The van der Waals surface area contributed by atoms with Gasteiger partial charge in [-0.3, -0.25) is 4.79 Å². The molecule has 0 atom stereocenters. The highest BCUT2D eigenvalue weighted by Crippen LogP contribution is 2.29. The molecule has 3 rings (SSSR count). The van der Waals surface area contributed by atoms with E-state index in [0.717, 1.165) is 16.7 Å². The Bertz CT molecular complexity index is 883. The number of hydrogen-bond donors (Lipinski definition) is 1. The predicted octanol–water partition coefficient (Wildman–Crippen LogP) is 4.73. The minimum absolute atomic E-state index is 0.206. The Morgan fingerprint density at radius 2 is 1.92 bits per heavy atom. The number of anilines is 1. The fourth-order valence-corrected chi connectivity index (χ4v) is 2.64. The lowest BCUT2D eigenvalue weighted by atomic mass is 10.0. The van der Waals surface area contributed by atoms with Crippen LogP contribution in [0.5, 0.6) is 0 Å². The molecule has 0 saturated carbocycles. The van der Waals surface area contributed by atoms with E-state index in [0.29, 0.717) is 23.0 Å². The van der Waals surface area contributed by atoms with Crippen LogP contribution in [0.25, 0.3) is 11.1 Å². The number of halogens is 1. The zero-order chi connectivity index (χ0) is 18.4. The van der Waals surface area contributed by atoms with Crippen LogP contribution in [0.2, 0.25) is 5.02 Å². The van der Waals surface area contributed by atoms with E-state index in [1.54, 1.807) is 30.5 Å². The van der Waals surface area contributed by atoms with Gasteiger partial charge in [-0.25, -0.2) is 14.8 Å². The molecule has 1 amide bonds. The van der Waals surface area contributed by atoms with Crippen molar-refractivity contribution in [1.29, 1.82) is 0 Å². The first-order valence-electron chi connectivity index (χ1n) is 7.94. The first kappa shape index (κ1) is 18.1. The van der Waals surface area contributed by atoms with Crippen molar-refractivity contribution in [3.63, 3.8) is 0 Å². The first-order valence-corrected chi connectivity index (χ1v) is 8.32. The molecule has 0 spiro atoms. The predicted molar refractivity (Wildman–Crippen MR) is 101 cm³/mol. The number of carbonyl (C=O) groups excluding carboxylic acids is 1. The number of benzene rings is 2. The molecule has 0 saturated heterocycles. The second-order valence-electron chi connectivity index (χ2n) is 5.50. The van der Waals surface area contributed by atoms with Crippen LogP contribution in [0.4, 0.5) is 5.82 Å².